The molecule has 0 aromatic heterocycles. The summed E-state index contributed by atoms with van der Waals surface area (Å²) in [5.74, 6) is -0.791. The molecule has 0 aliphatic rings. The van der Waals surface area contributed by atoms with Crippen LogP contribution in [0.1, 0.15) is 19.3 Å². The second kappa shape index (κ2) is 7.42. The van der Waals surface area contributed by atoms with Gasteiger partial charge in [0.15, 0.2) is 0 Å². The third kappa shape index (κ3) is 5.98. The van der Waals surface area contributed by atoms with Gasteiger partial charge in [-0.1, -0.05) is 0 Å². The maximum atomic E-state index is 10.5. The predicted molar refractivity (Wildman–Crippen MR) is 46.6 cm³/mol. The number of unbranched alkanes of at least 4 members (excludes halogenated alkanes) is 1. The number of carbonyl (C=O) groups excluding carboxylic acids is 3. The van der Waals surface area contributed by atoms with Gasteiger partial charge in [0, 0.05) is 0 Å². The van der Waals surface area contributed by atoms with Gasteiger partial charge in [-0.3, -0.25) is 14.4 Å². The van der Waals surface area contributed by atoms with Gasteiger partial charge in [0.05, 0.1) is 6.04 Å². The minimum absolute atomic E-state index is 0.132. The zero-order valence-electron chi connectivity index (χ0n) is 7.29. The maximum absolute atomic E-state index is 10.5. The summed E-state index contributed by atoms with van der Waals surface area (Å²) < 4.78 is 0. The topological polar surface area (TPSA) is 89.3 Å². The van der Waals surface area contributed by atoms with E-state index in [1.54, 1.807) is 6.29 Å². The van der Waals surface area contributed by atoms with Crippen LogP contribution in [0.2, 0.25) is 0 Å². The van der Waals surface area contributed by atoms with Crippen molar-refractivity contribution in [1.82, 2.24) is 5.32 Å². The molecule has 0 saturated carbocycles. The van der Waals surface area contributed by atoms with Gasteiger partial charge in [-0.15, -0.1) is 0 Å². The fraction of sp³-hybridized carbons (Fsp3) is 0.625. The monoisotopic (exact) mass is 185 g/mol. The smallest absolute Gasteiger partial charge is 0.284 e. The van der Waals surface area contributed by atoms with Crippen molar-refractivity contribution in [2.75, 3.05) is 6.54 Å². The first-order valence-electron chi connectivity index (χ1n) is 4.08. The van der Waals surface area contributed by atoms with Crippen molar-refractivity contribution in [3.63, 3.8) is 0 Å². The highest BCUT2D eigenvalue weighted by Crippen LogP contribution is 1.97. The van der Waals surface area contributed by atoms with Gasteiger partial charge >= 0.3 is 0 Å². The molecule has 0 saturated heterocycles. The minimum Gasteiger partial charge on any atom is -0.339 e. The van der Waals surface area contributed by atoms with Crippen molar-refractivity contribution < 1.29 is 14.4 Å². The normalized spacial score (nSPS) is 11.8. The highest BCUT2D eigenvalue weighted by atomic mass is 16.2. The first-order chi connectivity index (χ1) is 6.24. The zero-order chi connectivity index (χ0) is 10.1. The van der Waals surface area contributed by atoms with Gasteiger partial charge in [0.1, 0.15) is 0 Å². The Kier molecular flexibility index (Phi) is 6.72. The third-order valence-electron chi connectivity index (χ3n) is 1.51. The van der Waals surface area contributed by atoms with E-state index in [-0.39, 0.29) is 6.29 Å². The Morgan fingerprint density at radius 3 is 2.69 bits per heavy atom. The molecule has 0 unspecified atom stereocenters. The van der Waals surface area contributed by atoms with Crippen LogP contribution in [0.4, 0.5) is 0 Å². The van der Waals surface area contributed by atoms with Gasteiger partial charge < -0.3 is 11.1 Å². The van der Waals surface area contributed by atoms with Crippen molar-refractivity contribution >= 4 is 18.5 Å². The summed E-state index contributed by atoms with van der Waals surface area (Å²) in [6.07, 6.45) is 3.77. The Bertz CT molecular complexity index is 182. The van der Waals surface area contributed by atoms with Crippen LogP contribution in [-0.4, -0.2) is 31.1 Å². The van der Waals surface area contributed by atoms with Crippen molar-refractivity contribution in [3.8, 4) is 0 Å². The maximum Gasteiger partial charge on any atom is 0.284 e. The molecule has 0 fully saturated rings. The molecule has 1 radical (unpaired) electrons. The van der Waals surface area contributed by atoms with E-state index in [4.69, 9.17) is 5.73 Å². The van der Waals surface area contributed by atoms with Crippen LogP contribution in [-0.2, 0) is 14.4 Å². The molecule has 1 amide bonds. The van der Waals surface area contributed by atoms with E-state index in [1.807, 2.05) is 0 Å². The highest BCUT2D eigenvalue weighted by Gasteiger charge is 2.10. The Morgan fingerprint density at radius 2 is 2.23 bits per heavy atom. The second-order valence-electron chi connectivity index (χ2n) is 2.58. The number of nitrogens with one attached hydrogen (secondary N) is 1. The Balaban J connectivity index is 3.68. The first kappa shape index (κ1) is 11.8. The van der Waals surface area contributed by atoms with Crippen LogP contribution in [0.5, 0.6) is 0 Å². The van der Waals surface area contributed by atoms with E-state index >= 15 is 0 Å². The molecule has 1 atom stereocenters. The summed E-state index contributed by atoms with van der Waals surface area (Å²) in [7, 11) is 0. The number of rotatable bonds is 7. The van der Waals surface area contributed by atoms with E-state index in [9.17, 15) is 14.4 Å². The molecule has 5 heteroatoms. The largest absolute Gasteiger partial charge is 0.339 e. The van der Waals surface area contributed by atoms with E-state index < -0.39 is 11.9 Å². The molecule has 0 aliphatic carbocycles. The number of nitrogens with two attached hydrogens (primary N) is 1. The SMILES string of the molecule is NCCCC[C@@H]([C]=O)NC(=O)C=O. The van der Waals surface area contributed by atoms with Crippen molar-refractivity contribution in [3.05, 3.63) is 0 Å². The first-order valence-corrected chi connectivity index (χ1v) is 4.08. The van der Waals surface area contributed by atoms with Gasteiger partial charge in [-0.25, -0.2) is 0 Å². The summed E-state index contributed by atoms with van der Waals surface area (Å²) in [5, 5.41) is 2.20. The van der Waals surface area contributed by atoms with Crippen LogP contribution in [0.3, 0.4) is 0 Å². The van der Waals surface area contributed by atoms with Crippen LogP contribution in [0, 0.1) is 0 Å². The summed E-state index contributed by atoms with van der Waals surface area (Å²) >= 11 is 0. The molecule has 0 bridgehead atoms. The highest BCUT2D eigenvalue weighted by molar-refractivity contribution is 6.24. The summed E-state index contributed by atoms with van der Waals surface area (Å²) in [6.45, 7) is 0.549. The average Bonchev–Trinajstić information content (AvgIpc) is 2.16. The Hall–Kier alpha value is -1.23. The van der Waals surface area contributed by atoms with Crippen molar-refractivity contribution in [2.24, 2.45) is 5.73 Å². The molecule has 0 heterocycles. The Labute approximate surface area is 76.7 Å². The summed E-state index contributed by atoms with van der Waals surface area (Å²) in [5.41, 5.74) is 5.24. The molecule has 13 heavy (non-hydrogen) atoms. The molecule has 3 N–H and O–H groups in total. The van der Waals surface area contributed by atoms with Gasteiger partial charge in [-0.05, 0) is 25.8 Å². The molecule has 0 rings (SSSR count). The lowest BCUT2D eigenvalue weighted by Crippen LogP contribution is -2.36. The third-order valence-corrected chi connectivity index (χ3v) is 1.51. The quantitative estimate of drug-likeness (QED) is 0.299. The zero-order valence-corrected chi connectivity index (χ0v) is 7.29. The molecular formula is C8H13N2O3. The van der Waals surface area contributed by atoms with Crippen LogP contribution in [0.25, 0.3) is 0 Å². The number of hydrogen-bond acceptors (Lipinski definition) is 4. The van der Waals surface area contributed by atoms with Gasteiger partial charge in [-0.2, -0.15) is 0 Å². The average molecular weight is 185 g/mol. The fourth-order valence-electron chi connectivity index (χ4n) is 0.859. The van der Waals surface area contributed by atoms with Crippen molar-refractivity contribution in [2.45, 2.75) is 25.3 Å². The van der Waals surface area contributed by atoms with E-state index in [2.05, 4.69) is 5.32 Å². The van der Waals surface area contributed by atoms with E-state index in [0.29, 0.717) is 13.0 Å². The number of hydrogen-bond donors (Lipinski definition) is 2. The molecule has 0 aliphatic heterocycles. The standard InChI is InChI=1S/C8H13N2O3/c9-4-2-1-3-7(5-11)10-8(13)6-12/h6-7H,1-4,9H2,(H,10,13)/t7-/m0/s1. The number of aldehydes is 1. The summed E-state index contributed by atoms with van der Waals surface area (Å²) in [6, 6.07) is -0.691. The van der Waals surface area contributed by atoms with Crippen LogP contribution >= 0.6 is 0 Å². The van der Waals surface area contributed by atoms with Crippen molar-refractivity contribution in [1.29, 1.82) is 0 Å². The molecule has 0 aromatic carbocycles. The molecule has 0 aromatic rings. The summed E-state index contributed by atoms with van der Waals surface area (Å²) in [4.78, 5) is 30.7. The van der Waals surface area contributed by atoms with Gasteiger partial charge in [0.2, 0.25) is 12.6 Å². The lowest BCUT2D eigenvalue weighted by Gasteiger charge is -2.08. The fourth-order valence-corrected chi connectivity index (χ4v) is 0.859. The molecular weight excluding hydrogens is 172 g/mol. The van der Waals surface area contributed by atoms with E-state index in [1.165, 1.54) is 0 Å². The lowest BCUT2D eigenvalue weighted by molar-refractivity contribution is -0.131. The van der Waals surface area contributed by atoms with Gasteiger partial charge in [0.25, 0.3) is 5.91 Å². The lowest BCUT2D eigenvalue weighted by atomic mass is 10.1. The second-order valence-corrected chi connectivity index (χ2v) is 2.58. The number of carbonyl (C=O) groups is 2. The minimum atomic E-state index is -0.791. The molecule has 0 spiro atoms. The van der Waals surface area contributed by atoms with Crippen LogP contribution in [0.15, 0.2) is 0 Å². The molecule has 73 valence electrons. The van der Waals surface area contributed by atoms with Crippen LogP contribution < -0.4 is 11.1 Å². The Morgan fingerprint density at radius 1 is 1.54 bits per heavy atom. The predicted octanol–water partition coefficient (Wildman–Crippen LogP) is -1.09. The molecule has 5 nitrogen and oxygen atoms in total. The number of amides is 1. The van der Waals surface area contributed by atoms with E-state index in [0.717, 1.165) is 12.8 Å².